The molecule has 5 rings (SSSR count). The van der Waals surface area contributed by atoms with Crippen molar-refractivity contribution < 1.29 is 18.7 Å². The number of benzene rings is 2. The highest BCUT2D eigenvalue weighted by Crippen LogP contribution is 2.43. The van der Waals surface area contributed by atoms with Gasteiger partial charge in [0.2, 0.25) is 5.76 Å². The molecule has 0 spiro atoms. The molecule has 1 unspecified atom stereocenters. The molecule has 1 amide bonds. The van der Waals surface area contributed by atoms with Gasteiger partial charge in [0.15, 0.2) is 10.6 Å². The Bertz CT molecular complexity index is 1530. The topological polar surface area (TPSA) is 89.7 Å². The standard InChI is InChI=1S/C25H17ClN2O5S/c1-3-11-32-24(31)22-13(2)27-25(34-22)28-19(14-7-5-4-6-8-14)18-20(29)16-12-15(26)9-10-17(16)33-21(18)23(28)30/h3-10,12,19H,1,11H2,2H3. The molecule has 2 aromatic carbocycles. The number of carbonyl (C=O) groups is 2. The molecular weight excluding hydrogens is 476 g/mol. The summed E-state index contributed by atoms with van der Waals surface area (Å²) in [7, 11) is 0. The highest BCUT2D eigenvalue weighted by atomic mass is 35.5. The first-order chi connectivity index (χ1) is 16.4. The number of carbonyl (C=O) groups excluding carboxylic acids is 2. The molecule has 0 bridgehead atoms. The van der Waals surface area contributed by atoms with Gasteiger partial charge in [-0.25, -0.2) is 9.78 Å². The minimum absolute atomic E-state index is 0.0554. The smallest absolute Gasteiger partial charge is 0.350 e. The average Bonchev–Trinajstić information content (AvgIpc) is 3.36. The van der Waals surface area contributed by atoms with Crippen LogP contribution in [-0.4, -0.2) is 23.5 Å². The molecule has 34 heavy (non-hydrogen) atoms. The summed E-state index contributed by atoms with van der Waals surface area (Å²) in [4.78, 5) is 45.8. The van der Waals surface area contributed by atoms with Crippen LogP contribution in [0.4, 0.5) is 5.13 Å². The number of hydrogen-bond acceptors (Lipinski definition) is 7. The van der Waals surface area contributed by atoms with Gasteiger partial charge in [0.1, 0.15) is 17.1 Å². The largest absolute Gasteiger partial charge is 0.457 e. The van der Waals surface area contributed by atoms with E-state index in [1.807, 2.05) is 30.3 Å². The summed E-state index contributed by atoms with van der Waals surface area (Å²) < 4.78 is 11.1. The Balaban J connectivity index is 1.71. The van der Waals surface area contributed by atoms with Crippen molar-refractivity contribution >= 4 is 50.9 Å². The van der Waals surface area contributed by atoms with Crippen LogP contribution in [0.3, 0.4) is 0 Å². The van der Waals surface area contributed by atoms with E-state index in [1.165, 1.54) is 17.0 Å². The first-order valence-electron chi connectivity index (χ1n) is 10.3. The van der Waals surface area contributed by atoms with Crippen molar-refractivity contribution in [3.05, 3.63) is 104 Å². The van der Waals surface area contributed by atoms with E-state index >= 15 is 0 Å². The first kappa shape index (κ1) is 22.1. The quantitative estimate of drug-likeness (QED) is 0.277. The van der Waals surface area contributed by atoms with E-state index in [9.17, 15) is 14.4 Å². The van der Waals surface area contributed by atoms with Crippen LogP contribution in [-0.2, 0) is 4.74 Å². The zero-order valence-corrected chi connectivity index (χ0v) is 19.5. The number of hydrogen-bond donors (Lipinski definition) is 0. The van der Waals surface area contributed by atoms with E-state index in [4.69, 9.17) is 20.8 Å². The average molecular weight is 493 g/mol. The molecule has 7 nitrogen and oxygen atoms in total. The zero-order chi connectivity index (χ0) is 24.0. The third-order valence-electron chi connectivity index (χ3n) is 5.46. The molecule has 0 radical (unpaired) electrons. The number of nitrogens with zero attached hydrogens (tertiary/aromatic N) is 2. The molecule has 1 atom stereocenters. The maximum absolute atomic E-state index is 13.6. The number of halogens is 1. The summed E-state index contributed by atoms with van der Waals surface area (Å²) in [6.07, 6.45) is 1.47. The lowest BCUT2D eigenvalue weighted by Gasteiger charge is -2.22. The van der Waals surface area contributed by atoms with Crippen LogP contribution < -0.4 is 10.3 Å². The second kappa shape index (κ2) is 8.55. The third-order valence-corrected chi connectivity index (χ3v) is 6.83. The molecule has 0 aliphatic carbocycles. The molecule has 0 saturated carbocycles. The maximum Gasteiger partial charge on any atom is 0.350 e. The minimum atomic E-state index is -0.786. The number of anilines is 1. The Morgan fingerprint density at radius 1 is 1.26 bits per heavy atom. The number of aromatic nitrogens is 1. The molecular formula is C25H17ClN2O5S. The van der Waals surface area contributed by atoms with Crippen molar-refractivity contribution in [2.45, 2.75) is 13.0 Å². The van der Waals surface area contributed by atoms with Gasteiger partial charge < -0.3 is 9.15 Å². The van der Waals surface area contributed by atoms with Crippen molar-refractivity contribution in [2.75, 3.05) is 11.5 Å². The molecule has 9 heteroatoms. The van der Waals surface area contributed by atoms with Crippen LogP contribution in [0.5, 0.6) is 0 Å². The lowest BCUT2D eigenvalue weighted by molar-refractivity contribution is 0.0554. The predicted molar refractivity (Wildman–Crippen MR) is 130 cm³/mol. The summed E-state index contributed by atoms with van der Waals surface area (Å²) in [5, 5.41) is 0.927. The zero-order valence-electron chi connectivity index (χ0n) is 17.9. The number of esters is 1. The second-order valence-corrected chi connectivity index (χ2v) is 9.01. The number of fused-ring (bicyclic) bond motifs is 2. The molecule has 0 N–H and O–H groups in total. The fraction of sp³-hybridized carbons (Fsp3) is 0.120. The molecule has 4 aromatic rings. The molecule has 2 aromatic heterocycles. The van der Waals surface area contributed by atoms with Crippen molar-refractivity contribution in [3.63, 3.8) is 0 Å². The fourth-order valence-corrected chi connectivity index (χ4v) is 5.13. The molecule has 3 heterocycles. The number of ether oxygens (including phenoxy) is 1. The summed E-state index contributed by atoms with van der Waals surface area (Å²) in [6.45, 7) is 5.26. The SMILES string of the molecule is C=CCOC(=O)c1sc(N2C(=O)c3oc4ccc(Cl)cc4c(=O)c3C2c2ccccc2)nc1C. The highest BCUT2D eigenvalue weighted by Gasteiger charge is 2.45. The van der Waals surface area contributed by atoms with Gasteiger partial charge >= 0.3 is 5.97 Å². The van der Waals surface area contributed by atoms with Gasteiger partial charge in [-0.3, -0.25) is 14.5 Å². The van der Waals surface area contributed by atoms with E-state index in [1.54, 1.807) is 19.1 Å². The summed E-state index contributed by atoms with van der Waals surface area (Å²) in [5.41, 5.74) is 1.24. The van der Waals surface area contributed by atoms with Crippen LogP contribution in [0.1, 0.15) is 43.1 Å². The Morgan fingerprint density at radius 3 is 2.76 bits per heavy atom. The Kier molecular flexibility index (Phi) is 5.55. The van der Waals surface area contributed by atoms with Crippen molar-refractivity contribution in [1.29, 1.82) is 0 Å². The van der Waals surface area contributed by atoms with Gasteiger partial charge in [-0.15, -0.1) is 0 Å². The van der Waals surface area contributed by atoms with E-state index in [0.717, 1.165) is 11.3 Å². The summed E-state index contributed by atoms with van der Waals surface area (Å²) >= 11 is 7.14. The van der Waals surface area contributed by atoms with E-state index in [2.05, 4.69) is 11.6 Å². The Labute approximate surface area is 202 Å². The lowest BCUT2D eigenvalue weighted by Crippen LogP contribution is -2.29. The van der Waals surface area contributed by atoms with Crippen LogP contribution in [0.15, 0.2) is 70.4 Å². The normalized spacial score (nSPS) is 14.9. The van der Waals surface area contributed by atoms with Crippen molar-refractivity contribution in [2.24, 2.45) is 0 Å². The minimum Gasteiger partial charge on any atom is -0.457 e. The van der Waals surface area contributed by atoms with Gasteiger partial charge in [-0.2, -0.15) is 0 Å². The van der Waals surface area contributed by atoms with Gasteiger partial charge in [0, 0.05) is 5.02 Å². The van der Waals surface area contributed by atoms with Crippen LogP contribution in [0, 0.1) is 6.92 Å². The number of rotatable bonds is 5. The van der Waals surface area contributed by atoms with Gasteiger partial charge in [-0.05, 0) is 30.7 Å². The lowest BCUT2D eigenvalue weighted by atomic mass is 9.99. The molecule has 0 fully saturated rings. The van der Waals surface area contributed by atoms with Crippen molar-refractivity contribution in [3.8, 4) is 0 Å². The second-order valence-electron chi connectivity index (χ2n) is 7.60. The predicted octanol–water partition coefficient (Wildman–Crippen LogP) is 5.30. The van der Waals surface area contributed by atoms with Crippen molar-refractivity contribution in [1.82, 2.24) is 4.98 Å². The van der Waals surface area contributed by atoms with Gasteiger partial charge in [-0.1, -0.05) is 65.9 Å². The Hall–Kier alpha value is -3.75. The van der Waals surface area contributed by atoms with Crippen LogP contribution >= 0.6 is 22.9 Å². The fourth-order valence-electron chi connectivity index (χ4n) is 3.97. The van der Waals surface area contributed by atoms with E-state index < -0.39 is 17.9 Å². The maximum atomic E-state index is 13.6. The summed E-state index contributed by atoms with van der Waals surface area (Å²) in [6, 6.07) is 13.0. The van der Waals surface area contributed by atoms with Gasteiger partial charge in [0.05, 0.1) is 22.7 Å². The molecule has 0 saturated heterocycles. The van der Waals surface area contributed by atoms with E-state index in [0.29, 0.717) is 16.3 Å². The third kappa shape index (κ3) is 3.52. The van der Waals surface area contributed by atoms with E-state index in [-0.39, 0.29) is 44.3 Å². The first-order valence-corrected chi connectivity index (χ1v) is 11.5. The summed E-state index contributed by atoms with van der Waals surface area (Å²) in [5.74, 6) is -1.13. The highest BCUT2D eigenvalue weighted by molar-refractivity contribution is 7.17. The molecule has 170 valence electrons. The number of aryl methyl sites for hydroxylation is 1. The van der Waals surface area contributed by atoms with Crippen LogP contribution in [0.2, 0.25) is 5.02 Å². The molecule has 1 aliphatic rings. The van der Waals surface area contributed by atoms with Gasteiger partial charge in [0.25, 0.3) is 5.91 Å². The van der Waals surface area contributed by atoms with Crippen LogP contribution in [0.25, 0.3) is 11.0 Å². The Morgan fingerprint density at radius 2 is 2.03 bits per heavy atom. The molecule has 1 aliphatic heterocycles. The monoisotopic (exact) mass is 492 g/mol. The number of amides is 1. The number of thiazole rings is 1.